The minimum Gasteiger partial charge on any atom is -0.462 e. The van der Waals surface area contributed by atoms with Gasteiger partial charge >= 0.3 is 17.9 Å². The predicted molar refractivity (Wildman–Crippen MR) is 288 cm³/mol. The van der Waals surface area contributed by atoms with Gasteiger partial charge in [-0.3, -0.25) is 14.4 Å². The first-order chi connectivity index (χ1) is 33.0. The molecule has 0 amide bonds. The number of hydrogen-bond acceptors (Lipinski definition) is 6. The Kier molecular flexibility index (Phi) is 52.4. The predicted octanol–water partition coefficient (Wildman–Crippen LogP) is 18.8. The highest BCUT2D eigenvalue weighted by Crippen LogP contribution is 2.13. The van der Waals surface area contributed by atoms with Gasteiger partial charge in [0.2, 0.25) is 0 Å². The van der Waals surface area contributed by atoms with Crippen molar-refractivity contribution in [3.8, 4) is 0 Å². The molecule has 0 saturated carbocycles. The number of hydrogen-bond donors (Lipinski definition) is 0. The molecular weight excluding hydrogens is 829 g/mol. The maximum atomic E-state index is 12.8. The van der Waals surface area contributed by atoms with Gasteiger partial charge in [-0.05, 0) is 89.9 Å². The molecule has 0 fully saturated rings. The van der Waals surface area contributed by atoms with Crippen molar-refractivity contribution in [1.82, 2.24) is 0 Å². The highest BCUT2D eigenvalue weighted by Gasteiger charge is 2.19. The van der Waals surface area contributed by atoms with Gasteiger partial charge in [0.05, 0.1) is 0 Å². The van der Waals surface area contributed by atoms with Gasteiger partial charge in [-0.2, -0.15) is 0 Å². The summed E-state index contributed by atoms with van der Waals surface area (Å²) >= 11 is 0. The molecule has 0 aromatic rings. The van der Waals surface area contributed by atoms with E-state index in [1.165, 1.54) is 122 Å². The van der Waals surface area contributed by atoms with Crippen molar-refractivity contribution in [3.63, 3.8) is 0 Å². The lowest BCUT2D eigenvalue weighted by Crippen LogP contribution is -2.30. The Morgan fingerprint density at radius 3 is 1.04 bits per heavy atom. The third-order valence-corrected chi connectivity index (χ3v) is 11.9. The molecule has 0 radical (unpaired) electrons. The van der Waals surface area contributed by atoms with Gasteiger partial charge in [-0.25, -0.2) is 0 Å². The summed E-state index contributed by atoms with van der Waals surface area (Å²) < 4.78 is 16.8. The number of ether oxygens (including phenoxy) is 3. The van der Waals surface area contributed by atoms with E-state index >= 15 is 0 Å². The fourth-order valence-electron chi connectivity index (χ4n) is 7.66. The van der Waals surface area contributed by atoms with Crippen molar-refractivity contribution in [1.29, 1.82) is 0 Å². The molecule has 0 aliphatic rings. The molecule has 6 nitrogen and oxygen atoms in total. The average Bonchev–Trinajstić information content (AvgIpc) is 3.33. The molecule has 1 unspecified atom stereocenters. The molecule has 0 aromatic carbocycles. The third-order valence-electron chi connectivity index (χ3n) is 11.9. The first-order valence-electron chi connectivity index (χ1n) is 28.1. The number of allylic oxidation sites excluding steroid dienone is 14. The second-order valence-electron chi connectivity index (χ2n) is 18.6. The van der Waals surface area contributed by atoms with Crippen molar-refractivity contribution in [3.05, 3.63) is 85.1 Å². The summed E-state index contributed by atoms with van der Waals surface area (Å²) in [5.41, 5.74) is 0. The summed E-state index contributed by atoms with van der Waals surface area (Å²) in [7, 11) is 0. The topological polar surface area (TPSA) is 78.9 Å². The van der Waals surface area contributed by atoms with Crippen molar-refractivity contribution in [2.24, 2.45) is 0 Å². The largest absolute Gasteiger partial charge is 0.462 e. The van der Waals surface area contributed by atoms with Crippen LogP contribution >= 0.6 is 0 Å². The quantitative estimate of drug-likeness (QED) is 0.0199. The Bertz CT molecular complexity index is 1300. The molecule has 0 aliphatic heterocycles. The average molecular weight is 933 g/mol. The molecule has 0 spiro atoms. The molecule has 0 saturated heterocycles. The Balaban J connectivity index is 4.50. The molecule has 67 heavy (non-hydrogen) atoms. The molecule has 384 valence electrons. The Labute approximate surface area is 414 Å². The summed E-state index contributed by atoms with van der Waals surface area (Å²) in [4.78, 5) is 38.1. The van der Waals surface area contributed by atoms with Crippen LogP contribution in [-0.4, -0.2) is 37.2 Å². The van der Waals surface area contributed by atoms with Crippen LogP contribution in [0.25, 0.3) is 0 Å². The molecule has 0 bridgehead atoms. The van der Waals surface area contributed by atoms with Crippen LogP contribution in [0.3, 0.4) is 0 Å². The van der Waals surface area contributed by atoms with Crippen LogP contribution in [0.1, 0.15) is 265 Å². The van der Waals surface area contributed by atoms with E-state index in [1.807, 2.05) is 6.08 Å². The highest BCUT2D eigenvalue weighted by molar-refractivity contribution is 5.71. The SMILES string of the molecule is CCCCCCC/C=C/C=C/C=C/CCCCCCCC(=O)OCC(COC(=O)CC/C=C/C/C=C/CCCCCCCC)OC(=O)CCCCCCC/C=C/C=C/CCCCCCCCC. The van der Waals surface area contributed by atoms with Gasteiger partial charge in [-0.15, -0.1) is 0 Å². The number of carbonyl (C=O) groups excluding carboxylic acids is 3. The maximum Gasteiger partial charge on any atom is 0.306 e. The zero-order valence-electron chi connectivity index (χ0n) is 43.9. The molecule has 6 heteroatoms. The van der Waals surface area contributed by atoms with Crippen LogP contribution in [0.5, 0.6) is 0 Å². The van der Waals surface area contributed by atoms with Crippen LogP contribution in [0.2, 0.25) is 0 Å². The van der Waals surface area contributed by atoms with Gasteiger partial charge in [0, 0.05) is 19.3 Å². The Hall–Kier alpha value is -3.41. The maximum absolute atomic E-state index is 12.8. The van der Waals surface area contributed by atoms with Crippen LogP contribution < -0.4 is 0 Å². The lowest BCUT2D eigenvalue weighted by molar-refractivity contribution is -0.166. The van der Waals surface area contributed by atoms with Crippen molar-refractivity contribution in [2.75, 3.05) is 13.2 Å². The van der Waals surface area contributed by atoms with Gasteiger partial charge in [0.25, 0.3) is 0 Å². The first kappa shape index (κ1) is 63.6. The lowest BCUT2D eigenvalue weighted by atomic mass is 10.1. The second-order valence-corrected chi connectivity index (χ2v) is 18.6. The van der Waals surface area contributed by atoms with Crippen LogP contribution in [0.4, 0.5) is 0 Å². The number of carbonyl (C=O) groups is 3. The number of esters is 3. The number of unbranched alkanes of at least 4 members (excludes halogenated alkanes) is 28. The monoisotopic (exact) mass is 933 g/mol. The second kappa shape index (κ2) is 55.2. The summed E-state index contributed by atoms with van der Waals surface area (Å²) in [6.07, 6.45) is 71.5. The smallest absolute Gasteiger partial charge is 0.306 e. The van der Waals surface area contributed by atoms with E-state index in [0.29, 0.717) is 19.3 Å². The van der Waals surface area contributed by atoms with E-state index in [-0.39, 0.29) is 37.5 Å². The van der Waals surface area contributed by atoms with Crippen LogP contribution in [0, 0.1) is 0 Å². The van der Waals surface area contributed by atoms with E-state index in [1.54, 1.807) is 0 Å². The molecule has 0 rings (SSSR count). The van der Waals surface area contributed by atoms with E-state index in [9.17, 15) is 14.4 Å². The normalized spacial score (nSPS) is 12.7. The zero-order valence-corrected chi connectivity index (χ0v) is 43.9. The van der Waals surface area contributed by atoms with Gasteiger partial charge in [-0.1, -0.05) is 241 Å². The molecule has 0 aromatic heterocycles. The van der Waals surface area contributed by atoms with E-state index in [2.05, 4.69) is 99.8 Å². The fraction of sp³-hybridized carbons (Fsp3) is 0.721. The Morgan fingerprint density at radius 1 is 0.313 bits per heavy atom. The van der Waals surface area contributed by atoms with E-state index < -0.39 is 6.10 Å². The lowest BCUT2D eigenvalue weighted by Gasteiger charge is -2.18. The molecule has 0 heterocycles. The summed E-state index contributed by atoms with van der Waals surface area (Å²) in [6, 6.07) is 0. The zero-order chi connectivity index (χ0) is 48.6. The van der Waals surface area contributed by atoms with E-state index in [0.717, 1.165) is 96.3 Å². The molecule has 0 aliphatic carbocycles. The van der Waals surface area contributed by atoms with Gasteiger partial charge in [0.15, 0.2) is 6.10 Å². The minimum absolute atomic E-state index is 0.111. The molecule has 1 atom stereocenters. The summed E-state index contributed by atoms with van der Waals surface area (Å²) in [5.74, 6) is -1.01. The number of rotatable bonds is 50. The van der Waals surface area contributed by atoms with Crippen LogP contribution in [0.15, 0.2) is 85.1 Å². The first-order valence-corrected chi connectivity index (χ1v) is 28.1. The van der Waals surface area contributed by atoms with Crippen molar-refractivity contribution < 1.29 is 28.6 Å². The molecule has 0 N–H and O–H groups in total. The summed E-state index contributed by atoms with van der Waals surface area (Å²) in [5, 5.41) is 0. The third kappa shape index (κ3) is 53.4. The van der Waals surface area contributed by atoms with Crippen molar-refractivity contribution in [2.45, 2.75) is 271 Å². The molecular formula is C61H104O6. The fourth-order valence-corrected chi connectivity index (χ4v) is 7.66. The van der Waals surface area contributed by atoms with E-state index in [4.69, 9.17) is 14.2 Å². The standard InChI is InChI=1S/C61H104O6/c1-4-7-10-13-16-19-22-25-27-29-31-33-36-39-42-45-48-51-54-60(63)66-57-58(56-65-59(62)53-50-47-44-41-38-35-24-21-18-15-12-9-6-3)67-61(64)55-52-49-46-43-40-37-34-32-30-28-26-23-20-17-14-11-8-5-2/h22,25,27-35,38,44,47,58H,4-21,23-24,26,36-37,39-43,45-46,48-57H2,1-3H3/b25-22+,29-27+,30-28+,33-31+,34-32+,38-35+,47-44+. The van der Waals surface area contributed by atoms with Crippen LogP contribution in [-0.2, 0) is 28.6 Å². The van der Waals surface area contributed by atoms with Gasteiger partial charge < -0.3 is 14.2 Å². The minimum atomic E-state index is -0.816. The highest BCUT2D eigenvalue weighted by atomic mass is 16.6. The van der Waals surface area contributed by atoms with Gasteiger partial charge in [0.1, 0.15) is 13.2 Å². The van der Waals surface area contributed by atoms with Crippen molar-refractivity contribution >= 4 is 17.9 Å². The Morgan fingerprint density at radius 2 is 0.627 bits per heavy atom. The summed E-state index contributed by atoms with van der Waals surface area (Å²) in [6.45, 7) is 6.53.